The molecule has 0 radical (unpaired) electrons. The number of piperidine rings is 1. The van der Waals surface area contributed by atoms with E-state index in [1.165, 1.54) is 18.4 Å². The maximum Gasteiger partial charge on any atom is 0.0704 e. The molecule has 0 aromatic carbocycles. The standard InChI is InChI=1S/C10H19NO/c1-3-9(2)8-12-10-5-4-6-11-7-10/h10-11H,2-8H2,1H3/t10-/m0/s1. The molecule has 2 nitrogen and oxygen atoms in total. The van der Waals surface area contributed by atoms with E-state index in [9.17, 15) is 0 Å². The van der Waals surface area contributed by atoms with Crippen LogP contribution in [0.1, 0.15) is 26.2 Å². The van der Waals surface area contributed by atoms with Crippen LogP contribution >= 0.6 is 0 Å². The van der Waals surface area contributed by atoms with Gasteiger partial charge in [0, 0.05) is 6.54 Å². The lowest BCUT2D eigenvalue weighted by Crippen LogP contribution is -2.35. The lowest BCUT2D eigenvalue weighted by atomic mass is 10.1. The van der Waals surface area contributed by atoms with Gasteiger partial charge in [-0.05, 0) is 25.8 Å². The Morgan fingerprint density at radius 1 is 1.67 bits per heavy atom. The van der Waals surface area contributed by atoms with Gasteiger partial charge in [0.2, 0.25) is 0 Å². The van der Waals surface area contributed by atoms with Gasteiger partial charge < -0.3 is 10.1 Å². The zero-order chi connectivity index (χ0) is 8.81. The van der Waals surface area contributed by atoms with Crippen molar-refractivity contribution in [1.29, 1.82) is 0 Å². The third-order valence-electron chi connectivity index (χ3n) is 2.27. The van der Waals surface area contributed by atoms with Gasteiger partial charge in [-0.3, -0.25) is 0 Å². The monoisotopic (exact) mass is 169 g/mol. The summed E-state index contributed by atoms with van der Waals surface area (Å²) in [6.07, 6.45) is 3.88. The van der Waals surface area contributed by atoms with Gasteiger partial charge in [0.1, 0.15) is 0 Å². The maximum absolute atomic E-state index is 5.67. The first-order valence-corrected chi connectivity index (χ1v) is 4.82. The molecule has 0 aromatic heterocycles. The third-order valence-corrected chi connectivity index (χ3v) is 2.27. The van der Waals surface area contributed by atoms with E-state index in [0.29, 0.717) is 6.10 Å². The zero-order valence-corrected chi connectivity index (χ0v) is 7.94. The van der Waals surface area contributed by atoms with Crippen molar-refractivity contribution in [2.75, 3.05) is 19.7 Å². The van der Waals surface area contributed by atoms with E-state index in [-0.39, 0.29) is 0 Å². The van der Waals surface area contributed by atoms with Gasteiger partial charge in [-0.2, -0.15) is 0 Å². The van der Waals surface area contributed by atoms with Gasteiger partial charge in [0.25, 0.3) is 0 Å². The fraction of sp³-hybridized carbons (Fsp3) is 0.800. The topological polar surface area (TPSA) is 21.3 Å². The van der Waals surface area contributed by atoms with Crippen LogP contribution in [0.25, 0.3) is 0 Å². The van der Waals surface area contributed by atoms with Crippen LogP contribution < -0.4 is 5.32 Å². The molecule has 2 heteroatoms. The summed E-state index contributed by atoms with van der Waals surface area (Å²) < 4.78 is 5.67. The lowest BCUT2D eigenvalue weighted by molar-refractivity contribution is 0.0510. The summed E-state index contributed by atoms with van der Waals surface area (Å²) in [5, 5.41) is 3.32. The Bertz CT molecular complexity index is 139. The van der Waals surface area contributed by atoms with E-state index >= 15 is 0 Å². The summed E-state index contributed by atoms with van der Waals surface area (Å²) in [7, 11) is 0. The second kappa shape index (κ2) is 5.33. The van der Waals surface area contributed by atoms with Crippen molar-refractivity contribution in [3.8, 4) is 0 Å². The maximum atomic E-state index is 5.67. The highest BCUT2D eigenvalue weighted by Crippen LogP contribution is 2.08. The first-order chi connectivity index (χ1) is 5.83. The molecule has 1 saturated heterocycles. The molecule has 1 atom stereocenters. The van der Waals surface area contributed by atoms with E-state index < -0.39 is 0 Å². The van der Waals surface area contributed by atoms with Gasteiger partial charge in [-0.1, -0.05) is 19.1 Å². The highest BCUT2D eigenvalue weighted by molar-refractivity contribution is 4.92. The normalized spacial score (nSPS) is 23.9. The molecule has 1 fully saturated rings. The Labute approximate surface area is 75.0 Å². The summed E-state index contributed by atoms with van der Waals surface area (Å²) in [6, 6.07) is 0. The molecule has 1 rings (SSSR count). The fourth-order valence-electron chi connectivity index (χ4n) is 1.30. The largest absolute Gasteiger partial charge is 0.373 e. The number of rotatable bonds is 4. The number of ether oxygens (including phenoxy) is 1. The average molecular weight is 169 g/mol. The van der Waals surface area contributed by atoms with Crippen LogP contribution in [0.3, 0.4) is 0 Å². The molecule has 0 saturated carbocycles. The molecule has 0 unspecified atom stereocenters. The van der Waals surface area contributed by atoms with E-state index in [0.717, 1.165) is 26.1 Å². The fourth-order valence-corrected chi connectivity index (χ4v) is 1.30. The highest BCUT2D eigenvalue weighted by Gasteiger charge is 2.12. The first kappa shape index (κ1) is 9.75. The Kier molecular flexibility index (Phi) is 4.33. The molecule has 1 aliphatic rings. The highest BCUT2D eigenvalue weighted by atomic mass is 16.5. The van der Waals surface area contributed by atoms with Crippen molar-refractivity contribution in [2.24, 2.45) is 0 Å². The van der Waals surface area contributed by atoms with Crippen molar-refractivity contribution in [1.82, 2.24) is 5.32 Å². The van der Waals surface area contributed by atoms with Crippen molar-refractivity contribution in [3.63, 3.8) is 0 Å². The molecular weight excluding hydrogens is 150 g/mol. The quantitative estimate of drug-likeness (QED) is 0.647. The van der Waals surface area contributed by atoms with Gasteiger partial charge in [-0.25, -0.2) is 0 Å². The molecule has 1 heterocycles. The van der Waals surface area contributed by atoms with E-state index in [2.05, 4.69) is 18.8 Å². The smallest absolute Gasteiger partial charge is 0.0704 e. The second-order valence-corrected chi connectivity index (χ2v) is 3.38. The minimum absolute atomic E-state index is 0.419. The van der Waals surface area contributed by atoms with Crippen molar-refractivity contribution < 1.29 is 4.74 Å². The Morgan fingerprint density at radius 3 is 3.08 bits per heavy atom. The molecule has 1 N–H and O–H groups in total. The Balaban J connectivity index is 2.09. The van der Waals surface area contributed by atoms with Crippen molar-refractivity contribution in [2.45, 2.75) is 32.3 Å². The van der Waals surface area contributed by atoms with Gasteiger partial charge in [-0.15, -0.1) is 0 Å². The van der Waals surface area contributed by atoms with Gasteiger partial charge in [0.15, 0.2) is 0 Å². The summed E-state index contributed by atoms with van der Waals surface area (Å²) in [6.45, 7) is 8.93. The molecule has 0 aliphatic carbocycles. The predicted octanol–water partition coefficient (Wildman–Crippen LogP) is 1.72. The number of nitrogens with one attached hydrogen (secondary N) is 1. The van der Waals surface area contributed by atoms with Gasteiger partial charge in [0.05, 0.1) is 12.7 Å². The molecule has 0 aromatic rings. The summed E-state index contributed by atoms with van der Waals surface area (Å²) in [5.74, 6) is 0. The molecule has 70 valence electrons. The van der Waals surface area contributed by atoms with E-state index in [1.807, 2.05) is 0 Å². The predicted molar refractivity (Wildman–Crippen MR) is 51.3 cm³/mol. The minimum Gasteiger partial charge on any atom is -0.373 e. The van der Waals surface area contributed by atoms with Crippen LogP contribution in [0.4, 0.5) is 0 Å². The van der Waals surface area contributed by atoms with Crippen LogP contribution in [0.2, 0.25) is 0 Å². The van der Waals surface area contributed by atoms with Crippen molar-refractivity contribution in [3.05, 3.63) is 12.2 Å². The summed E-state index contributed by atoms with van der Waals surface area (Å²) in [5.41, 5.74) is 1.19. The average Bonchev–Trinajstić information content (AvgIpc) is 2.16. The number of hydrogen-bond donors (Lipinski definition) is 1. The molecular formula is C10H19NO. The van der Waals surface area contributed by atoms with Crippen LogP contribution in [0.5, 0.6) is 0 Å². The van der Waals surface area contributed by atoms with Gasteiger partial charge >= 0.3 is 0 Å². The SMILES string of the molecule is C=C(CC)CO[C@H]1CCCNC1. The number of hydrogen-bond acceptors (Lipinski definition) is 2. The van der Waals surface area contributed by atoms with Crippen LogP contribution in [-0.2, 0) is 4.74 Å². The van der Waals surface area contributed by atoms with E-state index in [1.54, 1.807) is 0 Å². The van der Waals surface area contributed by atoms with Crippen LogP contribution in [0.15, 0.2) is 12.2 Å². The Hall–Kier alpha value is -0.340. The van der Waals surface area contributed by atoms with Crippen LogP contribution in [-0.4, -0.2) is 25.8 Å². The Morgan fingerprint density at radius 2 is 2.50 bits per heavy atom. The minimum atomic E-state index is 0.419. The first-order valence-electron chi connectivity index (χ1n) is 4.82. The molecule has 0 bridgehead atoms. The molecule has 0 spiro atoms. The van der Waals surface area contributed by atoms with Crippen molar-refractivity contribution >= 4 is 0 Å². The summed E-state index contributed by atoms with van der Waals surface area (Å²) in [4.78, 5) is 0. The second-order valence-electron chi connectivity index (χ2n) is 3.38. The van der Waals surface area contributed by atoms with E-state index in [4.69, 9.17) is 4.74 Å². The summed E-state index contributed by atoms with van der Waals surface area (Å²) >= 11 is 0. The third kappa shape index (κ3) is 3.37. The zero-order valence-electron chi connectivity index (χ0n) is 7.94. The molecule has 12 heavy (non-hydrogen) atoms. The molecule has 1 aliphatic heterocycles. The lowest BCUT2D eigenvalue weighted by Gasteiger charge is -2.23. The van der Waals surface area contributed by atoms with Crippen LogP contribution in [0, 0.1) is 0 Å². The molecule has 0 amide bonds.